The van der Waals surface area contributed by atoms with Crippen LogP contribution in [0.1, 0.15) is 49.4 Å². The Morgan fingerprint density at radius 1 is 1.06 bits per heavy atom. The van der Waals surface area contributed by atoms with E-state index in [0.717, 1.165) is 74.9 Å². The molecule has 8 heteroatoms. The summed E-state index contributed by atoms with van der Waals surface area (Å²) < 4.78 is 6.16. The van der Waals surface area contributed by atoms with Gasteiger partial charge in [-0.25, -0.2) is 9.97 Å². The summed E-state index contributed by atoms with van der Waals surface area (Å²) in [6.45, 7) is 5.14. The van der Waals surface area contributed by atoms with Crippen molar-refractivity contribution in [3.05, 3.63) is 57.7 Å². The standard InChI is InChI=1S/C24H27N5O3/c1-17-25-19(23(29(30)31)24(26-17)28-13-5-2-6-14-28)16-20(27-11-7-8-12-27)22-15-18-9-3-4-10-21(18)32-22/h3-4,9-10,15-16H,2,5-8,11-14H2,1H3/b20-16-. The smallest absolute Gasteiger partial charge is 0.337 e. The summed E-state index contributed by atoms with van der Waals surface area (Å²) in [4.78, 5) is 25.2. The number of hydrogen-bond acceptors (Lipinski definition) is 7. The van der Waals surface area contributed by atoms with Crippen LogP contribution >= 0.6 is 0 Å². The third-order valence-corrected chi connectivity index (χ3v) is 6.24. The molecule has 3 aromatic rings. The first kappa shape index (κ1) is 20.5. The molecular weight excluding hydrogens is 406 g/mol. The van der Waals surface area contributed by atoms with Gasteiger partial charge in [-0.05, 0) is 57.2 Å². The molecule has 4 heterocycles. The van der Waals surface area contributed by atoms with Gasteiger partial charge in [0.25, 0.3) is 0 Å². The molecule has 2 aliphatic rings. The van der Waals surface area contributed by atoms with Gasteiger partial charge >= 0.3 is 5.69 Å². The van der Waals surface area contributed by atoms with Crippen molar-refractivity contribution in [2.24, 2.45) is 0 Å². The summed E-state index contributed by atoms with van der Waals surface area (Å²) in [5.74, 6) is 1.67. The molecule has 166 valence electrons. The van der Waals surface area contributed by atoms with E-state index in [1.807, 2.05) is 41.3 Å². The summed E-state index contributed by atoms with van der Waals surface area (Å²) in [5, 5.41) is 13.2. The molecule has 2 saturated heterocycles. The fourth-order valence-electron chi connectivity index (χ4n) is 4.69. The lowest BCUT2D eigenvalue weighted by Gasteiger charge is -2.27. The number of nitro groups is 1. The van der Waals surface area contributed by atoms with Gasteiger partial charge in [-0.3, -0.25) is 10.1 Å². The van der Waals surface area contributed by atoms with Crippen LogP contribution in [0.2, 0.25) is 0 Å². The molecule has 5 rings (SSSR count). The Morgan fingerprint density at radius 3 is 2.50 bits per heavy atom. The highest BCUT2D eigenvalue weighted by atomic mass is 16.6. The molecule has 32 heavy (non-hydrogen) atoms. The van der Waals surface area contributed by atoms with Crippen LogP contribution in [0.5, 0.6) is 0 Å². The monoisotopic (exact) mass is 433 g/mol. The second-order valence-corrected chi connectivity index (χ2v) is 8.51. The van der Waals surface area contributed by atoms with Gasteiger partial charge in [0.2, 0.25) is 5.82 Å². The zero-order valence-corrected chi connectivity index (χ0v) is 18.3. The van der Waals surface area contributed by atoms with E-state index in [0.29, 0.717) is 23.1 Å². The van der Waals surface area contributed by atoms with E-state index in [2.05, 4.69) is 14.9 Å². The van der Waals surface area contributed by atoms with E-state index >= 15 is 0 Å². The number of para-hydroxylation sites is 1. The second-order valence-electron chi connectivity index (χ2n) is 8.51. The van der Waals surface area contributed by atoms with E-state index in [4.69, 9.17) is 4.42 Å². The van der Waals surface area contributed by atoms with Crippen LogP contribution < -0.4 is 4.90 Å². The highest BCUT2D eigenvalue weighted by molar-refractivity contribution is 5.87. The molecule has 0 unspecified atom stereocenters. The maximum atomic E-state index is 12.2. The zero-order valence-electron chi connectivity index (χ0n) is 18.3. The van der Waals surface area contributed by atoms with Crippen molar-refractivity contribution in [3.63, 3.8) is 0 Å². The molecule has 0 bridgehead atoms. The molecule has 0 atom stereocenters. The number of hydrogen-bond donors (Lipinski definition) is 0. The van der Waals surface area contributed by atoms with Gasteiger partial charge in [0.05, 0.1) is 10.6 Å². The summed E-state index contributed by atoms with van der Waals surface area (Å²) in [5.41, 5.74) is 1.95. The number of aromatic nitrogens is 2. The Morgan fingerprint density at radius 2 is 1.78 bits per heavy atom. The van der Waals surface area contributed by atoms with Crippen LogP contribution in [0.25, 0.3) is 22.7 Å². The average molecular weight is 434 g/mol. The van der Waals surface area contributed by atoms with Crippen molar-refractivity contribution in [3.8, 4) is 0 Å². The minimum atomic E-state index is -0.338. The highest BCUT2D eigenvalue weighted by Gasteiger charge is 2.29. The number of piperidine rings is 1. The van der Waals surface area contributed by atoms with E-state index < -0.39 is 0 Å². The lowest BCUT2D eigenvalue weighted by Crippen LogP contribution is -2.31. The lowest BCUT2D eigenvalue weighted by molar-refractivity contribution is -0.384. The van der Waals surface area contributed by atoms with Crippen molar-refractivity contribution in [2.75, 3.05) is 31.1 Å². The molecule has 1 aromatic carbocycles. The molecule has 2 aliphatic heterocycles. The van der Waals surface area contributed by atoms with Gasteiger partial charge in [-0.15, -0.1) is 0 Å². The van der Waals surface area contributed by atoms with Crippen molar-refractivity contribution < 1.29 is 9.34 Å². The van der Waals surface area contributed by atoms with Crippen molar-refractivity contribution in [2.45, 2.75) is 39.0 Å². The van der Waals surface area contributed by atoms with Gasteiger partial charge < -0.3 is 14.2 Å². The van der Waals surface area contributed by atoms with Crippen molar-refractivity contribution in [1.82, 2.24) is 14.9 Å². The maximum absolute atomic E-state index is 12.2. The Balaban J connectivity index is 1.67. The normalized spacial score (nSPS) is 17.3. The number of rotatable bonds is 5. The van der Waals surface area contributed by atoms with E-state index in [1.54, 1.807) is 6.92 Å². The molecule has 2 aromatic heterocycles. The number of anilines is 1. The van der Waals surface area contributed by atoms with Gasteiger partial charge in [0.15, 0.2) is 5.76 Å². The lowest BCUT2D eigenvalue weighted by atomic mass is 10.1. The minimum Gasteiger partial charge on any atom is -0.455 e. The maximum Gasteiger partial charge on any atom is 0.337 e. The van der Waals surface area contributed by atoms with Gasteiger partial charge in [-0.1, -0.05) is 18.2 Å². The zero-order chi connectivity index (χ0) is 22.1. The Labute approximate surface area is 186 Å². The van der Waals surface area contributed by atoms with E-state index in [-0.39, 0.29) is 10.6 Å². The van der Waals surface area contributed by atoms with Crippen LogP contribution in [0, 0.1) is 17.0 Å². The third kappa shape index (κ3) is 3.92. The molecule has 0 N–H and O–H groups in total. The first-order valence-corrected chi connectivity index (χ1v) is 11.3. The predicted molar refractivity (Wildman–Crippen MR) is 124 cm³/mol. The topological polar surface area (TPSA) is 88.5 Å². The van der Waals surface area contributed by atoms with Crippen molar-refractivity contribution in [1.29, 1.82) is 0 Å². The number of likely N-dealkylation sites (tertiary alicyclic amines) is 1. The first-order valence-electron chi connectivity index (χ1n) is 11.3. The second kappa shape index (κ2) is 8.61. The minimum absolute atomic E-state index is 0.0229. The summed E-state index contributed by atoms with van der Waals surface area (Å²) >= 11 is 0. The largest absolute Gasteiger partial charge is 0.455 e. The fraction of sp³-hybridized carbons (Fsp3) is 0.417. The van der Waals surface area contributed by atoms with Gasteiger partial charge in [-0.2, -0.15) is 0 Å². The average Bonchev–Trinajstić information content (AvgIpc) is 3.47. The summed E-state index contributed by atoms with van der Waals surface area (Å²) in [6, 6.07) is 9.87. The molecular formula is C24H27N5O3. The predicted octanol–water partition coefficient (Wildman–Crippen LogP) is 5.02. The van der Waals surface area contributed by atoms with Crippen LogP contribution in [0.4, 0.5) is 11.5 Å². The number of nitrogens with zero attached hydrogens (tertiary/aromatic N) is 5. The number of fused-ring (bicyclic) bond motifs is 1. The van der Waals surface area contributed by atoms with Crippen molar-refractivity contribution >= 4 is 34.2 Å². The molecule has 0 saturated carbocycles. The van der Waals surface area contributed by atoms with Crippen LogP contribution in [-0.2, 0) is 0 Å². The van der Waals surface area contributed by atoms with E-state index in [1.165, 1.54) is 0 Å². The number of furan rings is 1. The van der Waals surface area contributed by atoms with Gasteiger partial charge in [0.1, 0.15) is 17.1 Å². The molecule has 0 aliphatic carbocycles. The number of benzene rings is 1. The SMILES string of the molecule is Cc1nc(/C=C(/c2cc3ccccc3o2)N2CCCC2)c([N+](=O)[O-])c(N2CCCCC2)n1. The molecule has 8 nitrogen and oxygen atoms in total. The van der Waals surface area contributed by atoms with Gasteiger partial charge in [0, 0.05) is 31.6 Å². The molecule has 0 radical (unpaired) electrons. The summed E-state index contributed by atoms with van der Waals surface area (Å²) in [7, 11) is 0. The Bertz CT molecular complexity index is 1140. The number of aryl methyl sites for hydroxylation is 1. The molecule has 2 fully saturated rings. The summed E-state index contributed by atoms with van der Waals surface area (Å²) in [6.07, 6.45) is 7.17. The Hall–Kier alpha value is -3.42. The highest BCUT2D eigenvalue weighted by Crippen LogP contribution is 2.36. The quantitative estimate of drug-likeness (QED) is 0.412. The van der Waals surface area contributed by atoms with Crippen LogP contribution in [-0.4, -0.2) is 46.0 Å². The molecule has 0 spiro atoms. The van der Waals surface area contributed by atoms with Crippen LogP contribution in [0.15, 0.2) is 34.7 Å². The van der Waals surface area contributed by atoms with E-state index in [9.17, 15) is 10.1 Å². The third-order valence-electron chi connectivity index (χ3n) is 6.24. The Kier molecular flexibility index (Phi) is 5.51. The van der Waals surface area contributed by atoms with Crippen LogP contribution in [0.3, 0.4) is 0 Å². The fourth-order valence-corrected chi connectivity index (χ4v) is 4.69. The molecule has 0 amide bonds. The first-order chi connectivity index (χ1) is 15.6.